The van der Waals surface area contributed by atoms with Crippen LogP contribution in [0.15, 0.2) is 22.9 Å². The molecule has 4 nitrogen and oxygen atoms in total. The monoisotopic (exact) mass is 255 g/mol. The van der Waals surface area contributed by atoms with Crippen LogP contribution in [0.1, 0.15) is 32.6 Å². The third-order valence-electron chi connectivity index (χ3n) is 4.15. The molecular formula is C13H14NNaO3. The molecular weight excluding hydrogens is 241 g/mol. The Hall–Kier alpha value is -0.580. The molecule has 18 heavy (non-hydrogen) atoms. The second-order valence-electron chi connectivity index (χ2n) is 4.88. The molecule has 1 saturated carbocycles. The first kappa shape index (κ1) is 13.8. The summed E-state index contributed by atoms with van der Waals surface area (Å²) in [5, 5.41) is 11.2. The molecule has 0 aromatic carbocycles. The molecule has 2 fully saturated rings. The molecule has 2 atom stereocenters. The van der Waals surface area contributed by atoms with Crippen LogP contribution in [0.2, 0.25) is 0 Å². The minimum Gasteiger partial charge on any atom is -0.543 e. The molecule has 0 aromatic heterocycles. The van der Waals surface area contributed by atoms with E-state index in [1.807, 2.05) is 13.0 Å². The quantitative estimate of drug-likeness (QED) is 0.292. The van der Waals surface area contributed by atoms with E-state index >= 15 is 0 Å². The van der Waals surface area contributed by atoms with E-state index < -0.39 is 5.97 Å². The maximum Gasteiger partial charge on any atom is 1.00 e. The fraction of sp³-hybridized carbons (Fsp3) is 0.538. The van der Waals surface area contributed by atoms with E-state index in [4.69, 9.17) is 0 Å². The molecule has 1 aliphatic carbocycles. The van der Waals surface area contributed by atoms with E-state index in [2.05, 4.69) is 0 Å². The van der Waals surface area contributed by atoms with Crippen molar-refractivity contribution in [3.05, 3.63) is 22.9 Å². The van der Waals surface area contributed by atoms with Gasteiger partial charge in [0.2, 0.25) is 0 Å². The maximum atomic E-state index is 11.9. The normalized spacial score (nSPS) is 31.7. The van der Waals surface area contributed by atoms with Gasteiger partial charge in [0, 0.05) is 11.5 Å². The summed E-state index contributed by atoms with van der Waals surface area (Å²) in [6.07, 6.45) is 5.73. The van der Waals surface area contributed by atoms with Crippen molar-refractivity contribution in [3.8, 4) is 0 Å². The summed E-state index contributed by atoms with van der Waals surface area (Å²) in [5.74, 6) is -1.13. The Morgan fingerprint density at radius 2 is 2.17 bits per heavy atom. The zero-order valence-electron chi connectivity index (χ0n) is 10.7. The van der Waals surface area contributed by atoms with Gasteiger partial charge in [-0.15, -0.1) is 0 Å². The van der Waals surface area contributed by atoms with Gasteiger partial charge < -0.3 is 9.90 Å². The molecule has 2 aliphatic heterocycles. The molecule has 5 heteroatoms. The summed E-state index contributed by atoms with van der Waals surface area (Å²) in [4.78, 5) is 24.5. The van der Waals surface area contributed by atoms with Gasteiger partial charge in [-0.05, 0) is 31.8 Å². The SMILES string of the molecule is C/C=C1\C(=O)N2C(C(=O)[O-])=C3CCCC[C@H]3[C@H]12.[Na+]. The summed E-state index contributed by atoms with van der Waals surface area (Å²) in [5.41, 5.74) is 1.87. The van der Waals surface area contributed by atoms with Crippen LogP contribution in [0.3, 0.4) is 0 Å². The Bertz CT molecular complexity index is 481. The fourth-order valence-corrected chi connectivity index (χ4v) is 3.46. The summed E-state index contributed by atoms with van der Waals surface area (Å²) in [6, 6.07) is -0.0179. The zero-order valence-corrected chi connectivity index (χ0v) is 12.7. The first-order valence-electron chi connectivity index (χ1n) is 6.11. The summed E-state index contributed by atoms with van der Waals surface area (Å²) < 4.78 is 0. The Balaban J connectivity index is 0.00000120. The topological polar surface area (TPSA) is 60.4 Å². The van der Waals surface area contributed by atoms with Crippen LogP contribution in [-0.2, 0) is 9.59 Å². The van der Waals surface area contributed by atoms with Gasteiger partial charge in [-0.1, -0.05) is 12.5 Å². The van der Waals surface area contributed by atoms with Gasteiger partial charge in [-0.25, -0.2) is 0 Å². The largest absolute Gasteiger partial charge is 1.00 e. The van der Waals surface area contributed by atoms with Crippen molar-refractivity contribution in [2.45, 2.75) is 38.6 Å². The van der Waals surface area contributed by atoms with Gasteiger partial charge in [0.25, 0.3) is 5.91 Å². The Morgan fingerprint density at radius 1 is 1.44 bits per heavy atom. The number of nitrogens with zero attached hydrogens (tertiary/aromatic N) is 1. The van der Waals surface area contributed by atoms with E-state index in [1.165, 1.54) is 4.90 Å². The molecule has 0 bridgehead atoms. The molecule has 2 heterocycles. The van der Waals surface area contributed by atoms with Gasteiger partial charge in [0.15, 0.2) is 0 Å². The van der Waals surface area contributed by atoms with Crippen molar-refractivity contribution in [1.82, 2.24) is 4.90 Å². The number of fused-ring (bicyclic) bond motifs is 3. The van der Waals surface area contributed by atoms with E-state index in [0.29, 0.717) is 0 Å². The van der Waals surface area contributed by atoms with Gasteiger partial charge in [-0.2, -0.15) is 0 Å². The van der Waals surface area contributed by atoms with Crippen LogP contribution in [0, 0.1) is 5.92 Å². The van der Waals surface area contributed by atoms with Crippen LogP contribution in [0.25, 0.3) is 0 Å². The molecule has 3 aliphatic rings. The smallest absolute Gasteiger partial charge is 0.543 e. The van der Waals surface area contributed by atoms with Crippen molar-refractivity contribution in [2.24, 2.45) is 5.92 Å². The third-order valence-corrected chi connectivity index (χ3v) is 4.15. The van der Waals surface area contributed by atoms with Crippen LogP contribution in [0.4, 0.5) is 0 Å². The average Bonchev–Trinajstić information content (AvgIpc) is 2.61. The van der Waals surface area contributed by atoms with Gasteiger partial charge in [0.1, 0.15) is 0 Å². The van der Waals surface area contributed by atoms with Crippen molar-refractivity contribution in [1.29, 1.82) is 0 Å². The zero-order chi connectivity index (χ0) is 12.2. The number of allylic oxidation sites excluding steroid dienone is 1. The number of carboxylic acids is 1. The number of rotatable bonds is 1. The van der Waals surface area contributed by atoms with Crippen LogP contribution in [0.5, 0.6) is 0 Å². The second-order valence-corrected chi connectivity index (χ2v) is 4.88. The molecule has 90 valence electrons. The van der Waals surface area contributed by atoms with Gasteiger partial charge >= 0.3 is 29.6 Å². The van der Waals surface area contributed by atoms with Crippen LogP contribution in [-0.4, -0.2) is 22.8 Å². The minimum absolute atomic E-state index is 0. The number of aliphatic carboxylic acids is 1. The van der Waals surface area contributed by atoms with Crippen molar-refractivity contribution in [3.63, 3.8) is 0 Å². The number of carbonyl (C=O) groups excluding carboxylic acids is 2. The molecule has 3 rings (SSSR count). The summed E-state index contributed by atoms with van der Waals surface area (Å²) >= 11 is 0. The van der Waals surface area contributed by atoms with E-state index in [-0.39, 0.29) is 53.1 Å². The second kappa shape index (κ2) is 4.83. The molecule has 0 aromatic rings. The van der Waals surface area contributed by atoms with Crippen molar-refractivity contribution >= 4 is 11.9 Å². The van der Waals surface area contributed by atoms with Gasteiger partial charge in [-0.3, -0.25) is 9.69 Å². The first-order valence-corrected chi connectivity index (χ1v) is 6.11. The predicted molar refractivity (Wildman–Crippen MR) is 58.4 cm³/mol. The van der Waals surface area contributed by atoms with E-state index in [0.717, 1.165) is 36.8 Å². The molecule has 0 unspecified atom stereocenters. The standard InChI is InChI=1S/C13H15NO3.Na/c1-2-7-10-8-5-3-4-6-9(8)11(13(16)17)14(10)12(7)15;/h2,8,10H,3-6H2,1H3,(H,16,17);/q;+1/p-1/b7-2-;/t8-,10+;/m1./s1. The number of hydrogen-bond acceptors (Lipinski definition) is 3. The predicted octanol–water partition coefficient (Wildman–Crippen LogP) is -2.64. The number of hydrogen-bond donors (Lipinski definition) is 0. The number of amides is 1. The van der Waals surface area contributed by atoms with Crippen molar-refractivity contribution < 1.29 is 44.3 Å². The number of carbonyl (C=O) groups is 2. The molecule has 0 N–H and O–H groups in total. The first-order chi connectivity index (χ1) is 8.16. The minimum atomic E-state index is -1.20. The Morgan fingerprint density at radius 3 is 2.78 bits per heavy atom. The number of β-lactam (4-membered cyclic amide) rings is 1. The van der Waals surface area contributed by atoms with Gasteiger partial charge in [0.05, 0.1) is 17.7 Å². The Kier molecular flexibility index (Phi) is 3.72. The summed E-state index contributed by atoms with van der Waals surface area (Å²) in [7, 11) is 0. The Labute approximate surface area is 128 Å². The van der Waals surface area contributed by atoms with E-state index in [1.54, 1.807) is 0 Å². The van der Waals surface area contributed by atoms with Crippen LogP contribution < -0.4 is 34.7 Å². The third kappa shape index (κ3) is 1.63. The van der Waals surface area contributed by atoms with Crippen molar-refractivity contribution in [2.75, 3.05) is 0 Å². The summed E-state index contributed by atoms with van der Waals surface area (Å²) in [6.45, 7) is 1.84. The maximum absolute atomic E-state index is 11.9. The molecule has 0 spiro atoms. The number of carboxylic acid groups (broad SMARTS) is 1. The molecule has 1 amide bonds. The average molecular weight is 255 g/mol. The molecule has 1 saturated heterocycles. The van der Waals surface area contributed by atoms with E-state index in [9.17, 15) is 14.7 Å². The van der Waals surface area contributed by atoms with Crippen LogP contribution >= 0.6 is 0 Å². The fourth-order valence-electron chi connectivity index (χ4n) is 3.46. The molecule has 0 radical (unpaired) electrons.